The highest BCUT2D eigenvalue weighted by Gasteiger charge is 2.11. The third kappa shape index (κ3) is 3.73. The lowest BCUT2D eigenvalue weighted by Crippen LogP contribution is -2.11. The van der Waals surface area contributed by atoms with Crippen molar-refractivity contribution in [2.45, 2.75) is 32.7 Å². The van der Waals surface area contributed by atoms with Gasteiger partial charge in [-0.05, 0) is 37.0 Å². The smallest absolute Gasteiger partial charge is 0.120 e. The van der Waals surface area contributed by atoms with Gasteiger partial charge in [-0.25, -0.2) is 0 Å². The van der Waals surface area contributed by atoms with Crippen molar-refractivity contribution in [1.29, 1.82) is 0 Å². The van der Waals surface area contributed by atoms with Crippen LogP contribution in [0, 0.1) is 5.92 Å². The van der Waals surface area contributed by atoms with E-state index in [9.17, 15) is 5.11 Å². The van der Waals surface area contributed by atoms with Crippen LogP contribution in [0.5, 0.6) is 5.75 Å². The van der Waals surface area contributed by atoms with E-state index in [4.69, 9.17) is 17.3 Å². The minimum Gasteiger partial charge on any atom is -0.508 e. The van der Waals surface area contributed by atoms with Crippen molar-refractivity contribution < 1.29 is 5.11 Å². The molecule has 1 aromatic rings. The van der Waals surface area contributed by atoms with Gasteiger partial charge in [0.25, 0.3) is 0 Å². The molecule has 84 valence electrons. The number of aromatic hydroxyl groups is 1. The monoisotopic (exact) mass is 227 g/mol. The van der Waals surface area contributed by atoms with Gasteiger partial charge in [0.2, 0.25) is 0 Å². The summed E-state index contributed by atoms with van der Waals surface area (Å²) in [4.78, 5) is 0. The number of nitrogens with two attached hydrogens (primary N) is 1. The Hall–Kier alpha value is -0.730. The Balaban J connectivity index is 2.72. The highest BCUT2D eigenvalue weighted by molar-refractivity contribution is 6.30. The van der Waals surface area contributed by atoms with Crippen LogP contribution in [0.25, 0.3) is 0 Å². The number of phenolic OH excluding ortho intramolecular Hbond substituents is 1. The number of rotatable bonds is 4. The maximum Gasteiger partial charge on any atom is 0.120 e. The fraction of sp³-hybridized carbons (Fsp3) is 0.500. The molecule has 0 spiro atoms. The summed E-state index contributed by atoms with van der Waals surface area (Å²) in [6, 6.07) is 4.86. The summed E-state index contributed by atoms with van der Waals surface area (Å²) < 4.78 is 0. The zero-order valence-electron chi connectivity index (χ0n) is 9.20. The predicted octanol–water partition coefficient (Wildman–Crippen LogP) is 3.48. The zero-order chi connectivity index (χ0) is 11.4. The lowest BCUT2D eigenvalue weighted by Gasteiger charge is -2.15. The second-order valence-corrected chi connectivity index (χ2v) is 4.72. The van der Waals surface area contributed by atoms with Crippen molar-refractivity contribution >= 4 is 11.6 Å². The normalized spacial score (nSPS) is 13.1. The molecule has 0 aromatic heterocycles. The second-order valence-electron chi connectivity index (χ2n) is 4.28. The Kier molecular flexibility index (Phi) is 4.43. The van der Waals surface area contributed by atoms with Crippen molar-refractivity contribution in [3.05, 3.63) is 28.8 Å². The first-order valence-electron chi connectivity index (χ1n) is 5.24. The number of halogens is 1. The van der Waals surface area contributed by atoms with Gasteiger partial charge < -0.3 is 10.8 Å². The van der Waals surface area contributed by atoms with E-state index in [-0.39, 0.29) is 11.8 Å². The van der Waals surface area contributed by atoms with Gasteiger partial charge in [-0.2, -0.15) is 0 Å². The van der Waals surface area contributed by atoms with E-state index in [1.165, 1.54) is 0 Å². The summed E-state index contributed by atoms with van der Waals surface area (Å²) in [5.74, 6) is 0.855. The molecule has 3 heteroatoms. The summed E-state index contributed by atoms with van der Waals surface area (Å²) in [7, 11) is 0. The topological polar surface area (TPSA) is 46.2 Å². The molecule has 0 aliphatic heterocycles. The molecule has 15 heavy (non-hydrogen) atoms. The van der Waals surface area contributed by atoms with Gasteiger partial charge in [-0.15, -0.1) is 0 Å². The van der Waals surface area contributed by atoms with Crippen LogP contribution in [0.3, 0.4) is 0 Å². The standard InChI is InChI=1S/C12H18ClNO/c1-8(2)3-5-11(14)10-7-9(13)4-6-12(10)15/h4,6-8,11,15H,3,5,14H2,1-2H3/t11-/m0/s1. The van der Waals surface area contributed by atoms with Gasteiger partial charge in [0.1, 0.15) is 5.75 Å². The van der Waals surface area contributed by atoms with Crippen molar-refractivity contribution in [3.8, 4) is 5.75 Å². The van der Waals surface area contributed by atoms with Gasteiger partial charge in [0.05, 0.1) is 0 Å². The van der Waals surface area contributed by atoms with E-state index < -0.39 is 0 Å². The third-order valence-corrected chi connectivity index (χ3v) is 2.68. The van der Waals surface area contributed by atoms with Gasteiger partial charge in [0, 0.05) is 16.6 Å². The van der Waals surface area contributed by atoms with Crippen molar-refractivity contribution in [1.82, 2.24) is 0 Å². The molecule has 1 aromatic carbocycles. The van der Waals surface area contributed by atoms with E-state index in [0.717, 1.165) is 18.4 Å². The molecule has 0 amide bonds. The van der Waals surface area contributed by atoms with Gasteiger partial charge in [-0.3, -0.25) is 0 Å². The summed E-state index contributed by atoms with van der Waals surface area (Å²) in [5.41, 5.74) is 6.73. The minimum absolute atomic E-state index is 0.133. The van der Waals surface area contributed by atoms with E-state index in [1.54, 1.807) is 18.2 Å². The van der Waals surface area contributed by atoms with E-state index >= 15 is 0 Å². The predicted molar refractivity (Wildman–Crippen MR) is 64.1 cm³/mol. The summed E-state index contributed by atoms with van der Waals surface area (Å²) in [6.45, 7) is 4.31. The molecule has 0 radical (unpaired) electrons. The van der Waals surface area contributed by atoms with Crippen LogP contribution in [-0.4, -0.2) is 5.11 Å². The van der Waals surface area contributed by atoms with Crippen molar-refractivity contribution in [2.24, 2.45) is 11.7 Å². The van der Waals surface area contributed by atoms with Gasteiger partial charge >= 0.3 is 0 Å². The van der Waals surface area contributed by atoms with Gasteiger partial charge in [-0.1, -0.05) is 25.4 Å². The molecule has 3 N–H and O–H groups in total. The molecule has 1 rings (SSSR count). The average molecular weight is 228 g/mol. The molecular formula is C12H18ClNO. The summed E-state index contributed by atoms with van der Waals surface area (Å²) in [5, 5.41) is 10.2. The number of hydrogen-bond acceptors (Lipinski definition) is 2. The first kappa shape index (κ1) is 12.3. The van der Waals surface area contributed by atoms with Crippen LogP contribution in [0.1, 0.15) is 38.3 Å². The van der Waals surface area contributed by atoms with Gasteiger partial charge in [0.15, 0.2) is 0 Å². The Labute approximate surface area is 96.1 Å². The fourth-order valence-corrected chi connectivity index (χ4v) is 1.67. The highest BCUT2D eigenvalue weighted by atomic mass is 35.5. The summed E-state index contributed by atoms with van der Waals surface area (Å²) >= 11 is 5.86. The van der Waals surface area contributed by atoms with Crippen LogP contribution in [0.4, 0.5) is 0 Å². The molecule has 0 saturated heterocycles. The fourth-order valence-electron chi connectivity index (χ4n) is 1.49. The molecule has 0 heterocycles. The van der Waals surface area contributed by atoms with E-state index in [0.29, 0.717) is 10.9 Å². The maximum atomic E-state index is 9.63. The molecule has 1 atom stereocenters. The zero-order valence-corrected chi connectivity index (χ0v) is 9.96. The Bertz CT molecular complexity index is 325. The number of hydrogen-bond donors (Lipinski definition) is 2. The van der Waals surface area contributed by atoms with E-state index in [2.05, 4.69) is 13.8 Å². The summed E-state index contributed by atoms with van der Waals surface area (Å²) in [6.07, 6.45) is 1.92. The molecule has 0 unspecified atom stereocenters. The molecule has 2 nitrogen and oxygen atoms in total. The van der Waals surface area contributed by atoms with E-state index in [1.807, 2.05) is 0 Å². The maximum absolute atomic E-state index is 9.63. The molecule has 0 aliphatic carbocycles. The Morgan fingerprint density at radius 2 is 2.00 bits per heavy atom. The number of benzene rings is 1. The Morgan fingerprint density at radius 1 is 1.33 bits per heavy atom. The largest absolute Gasteiger partial charge is 0.508 e. The number of phenols is 1. The quantitative estimate of drug-likeness (QED) is 0.827. The lowest BCUT2D eigenvalue weighted by molar-refractivity contribution is 0.448. The van der Waals surface area contributed by atoms with Crippen LogP contribution < -0.4 is 5.73 Å². The third-order valence-electron chi connectivity index (χ3n) is 2.44. The SMILES string of the molecule is CC(C)CC[C@H](N)c1cc(Cl)ccc1O. The second kappa shape index (κ2) is 5.38. The molecular weight excluding hydrogens is 210 g/mol. The highest BCUT2D eigenvalue weighted by Crippen LogP contribution is 2.29. The Morgan fingerprint density at radius 3 is 2.60 bits per heavy atom. The first-order chi connectivity index (χ1) is 7.00. The molecule has 0 aliphatic rings. The average Bonchev–Trinajstić information content (AvgIpc) is 2.18. The van der Waals surface area contributed by atoms with Crippen LogP contribution in [0.15, 0.2) is 18.2 Å². The van der Waals surface area contributed by atoms with Crippen molar-refractivity contribution in [3.63, 3.8) is 0 Å². The molecule has 0 fully saturated rings. The minimum atomic E-state index is -0.133. The van der Waals surface area contributed by atoms with Crippen molar-refractivity contribution in [2.75, 3.05) is 0 Å². The van der Waals surface area contributed by atoms with Crippen LogP contribution in [0.2, 0.25) is 5.02 Å². The lowest BCUT2D eigenvalue weighted by atomic mass is 9.98. The first-order valence-corrected chi connectivity index (χ1v) is 5.62. The molecule has 0 bridgehead atoms. The van der Waals surface area contributed by atoms with Crippen LogP contribution >= 0.6 is 11.6 Å². The molecule has 0 saturated carbocycles. The van der Waals surface area contributed by atoms with Crippen LogP contribution in [-0.2, 0) is 0 Å².